The molecular weight excluding hydrogens is 331 g/mol. The van der Waals surface area contributed by atoms with E-state index < -0.39 is 0 Å². The maximum Gasteiger partial charge on any atom is 0.252 e. The van der Waals surface area contributed by atoms with Crippen LogP contribution < -0.4 is 5.32 Å². The molecular formula is C10H10ClFINO. The first kappa shape index (κ1) is 12.7. The molecule has 5 heteroatoms. The van der Waals surface area contributed by atoms with Gasteiger partial charge in [-0.15, -0.1) is 11.6 Å². The predicted octanol–water partition coefficient (Wildman–Crippen LogP) is 2.79. The number of carbonyl (C=O) groups excluding carboxylic acids is 1. The molecule has 0 aliphatic rings. The van der Waals surface area contributed by atoms with E-state index in [1.54, 1.807) is 0 Å². The van der Waals surface area contributed by atoms with Gasteiger partial charge in [0.1, 0.15) is 5.82 Å². The molecule has 0 saturated heterocycles. The van der Waals surface area contributed by atoms with Crippen LogP contribution >= 0.6 is 34.2 Å². The first-order valence-corrected chi connectivity index (χ1v) is 6.05. The summed E-state index contributed by atoms with van der Waals surface area (Å²) in [5.41, 5.74) is 0.492. The van der Waals surface area contributed by atoms with E-state index in [9.17, 15) is 9.18 Å². The van der Waals surface area contributed by atoms with Crippen LogP contribution in [0.5, 0.6) is 0 Å². The average Bonchev–Trinajstić information content (AvgIpc) is 2.17. The van der Waals surface area contributed by atoms with E-state index in [0.29, 0.717) is 21.6 Å². The van der Waals surface area contributed by atoms with E-state index in [2.05, 4.69) is 5.32 Å². The molecule has 1 rings (SSSR count). The van der Waals surface area contributed by atoms with Gasteiger partial charge >= 0.3 is 0 Å². The van der Waals surface area contributed by atoms with Crippen molar-refractivity contribution in [2.75, 3.05) is 12.4 Å². The summed E-state index contributed by atoms with van der Waals surface area (Å²) in [7, 11) is 0. The maximum absolute atomic E-state index is 12.8. The Hall–Kier alpha value is -0.360. The standard InChI is InChI=1S/C10H10ClFINO/c11-4-1-5-14-10(15)8-3-2-7(12)6-9(8)13/h2-3,6H,1,4-5H2,(H,14,15). The third-order valence-corrected chi connectivity index (χ3v) is 2.93. The van der Waals surface area contributed by atoms with Crippen molar-refractivity contribution >= 4 is 40.1 Å². The van der Waals surface area contributed by atoms with Gasteiger partial charge in [0.25, 0.3) is 5.91 Å². The summed E-state index contributed by atoms with van der Waals surface area (Å²) in [4.78, 5) is 11.6. The Kier molecular flexibility index (Phi) is 5.31. The monoisotopic (exact) mass is 341 g/mol. The van der Waals surface area contributed by atoms with Crippen molar-refractivity contribution in [3.63, 3.8) is 0 Å². The summed E-state index contributed by atoms with van der Waals surface area (Å²) >= 11 is 7.42. The minimum atomic E-state index is -0.336. The number of hydrogen-bond donors (Lipinski definition) is 1. The van der Waals surface area contributed by atoms with Crippen molar-refractivity contribution < 1.29 is 9.18 Å². The van der Waals surface area contributed by atoms with Crippen molar-refractivity contribution in [2.45, 2.75) is 6.42 Å². The third-order valence-electron chi connectivity index (χ3n) is 1.77. The van der Waals surface area contributed by atoms with Crippen molar-refractivity contribution in [3.05, 3.63) is 33.1 Å². The molecule has 0 aliphatic carbocycles. The zero-order valence-electron chi connectivity index (χ0n) is 7.90. The highest BCUT2D eigenvalue weighted by Crippen LogP contribution is 2.13. The van der Waals surface area contributed by atoms with Crippen LogP contribution in [-0.2, 0) is 0 Å². The molecule has 0 atom stereocenters. The van der Waals surface area contributed by atoms with Gasteiger partial charge in [-0.25, -0.2) is 4.39 Å². The summed E-state index contributed by atoms with van der Waals surface area (Å²) in [5, 5.41) is 2.71. The van der Waals surface area contributed by atoms with Crippen LogP contribution in [0.3, 0.4) is 0 Å². The molecule has 2 nitrogen and oxygen atoms in total. The summed E-state index contributed by atoms with van der Waals surface area (Å²) in [6.07, 6.45) is 0.727. The minimum Gasteiger partial charge on any atom is -0.352 e. The van der Waals surface area contributed by atoms with E-state index in [0.717, 1.165) is 6.42 Å². The largest absolute Gasteiger partial charge is 0.352 e. The van der Waals surface area contributed by atoms with Crippen molar-refractivity contribution in [3.8, 4) is 0 Å². The van der Waals surface area contributed by atoms with Crippen molar-refractivity contribution in [2.24, 2.45) is 0 Å². The van der Waals surface area contributed by atoms with Crippen molar-refractivity contribution in [1.82, 2.24) is 5.32 Å². The highest BCUT2D eigenvalue weighted by molar-refractivity contribution is 14.1. The van der Waals surface area contributed by atoms with Crippen LogP contribution in [0.4, 0.5) is 4.39 Å². The number of rotatable bonds is 4. The highest BCUT2D eigenvalue weighted by atomic mass is 127. The normalized spacial score (nSPS) is 10.1. The molecule has 0 spiro atoms. The number of halogens is 3. The molecule has 0 heterocycles. The molecule has 0 aliphatic heterocycles. The van der Waals surface area contributed by atoms with Crippen LogP contribution in [0.1, 0.15) is 16.8 Å². The first-order chi connectivity index (χ1) is 7.15. The Bertz CT molecular complexity index is 359. The predicted molar refractivity (Wildman–Crippen MR) is 66.8 cm³/mol. The van der Waals surface area contributed by atoms with Gasteiger partial charge in [0.05, 0.1) is 5.56 Å². The Labute approximate surface area is 106 Å². The SMILES string of the molecule is O=C(NCCCCl)c1ccc(F)cc1I. The fourth-order valence-electron chi connectivity index (χ4n) is 1.04. The summed E-state index contributed by atoms with van der Waals surface area (Å²) in [6.45, 7) is 0.537. The zero-order chi connectivity index (χ0) is 11.3. The van der Waals surface area contributed by atoms with Crippen molar-refractivity contribution in [1.29, 1.82) is 0 Å². The number of hydrogen-bond acceptors (Lipinski definition) is 1. The molecule has 82 valence electrons. The van der Waals surface area contributed by atoms with Gasteiger partial charge in [0.15, 0.2) is 0 Å². The van der Waals surface area contributed by atoms with Gasteiger partial charge in [0.2, 0.25) is 0 Å². The topological polar surface area (TPSA) is 29.1 Å². The molecule has 15 heavy (non-hydrogen) atoms. The van der Waals surface area contributed by atoms with E-state index in [1.807, 2.05) is 22.6 Å². The molecule has 0 radical (unpaired) electrons. The van der Waals surface area contributed by atoms with Gasteiger partial charge in [-0.1, -0.05) is 0 Å². The summed E-state index contributed by atoms with van der Waals surface area (Å²) in [6, 6.07) is 4.09. The lowest BCUT2D eigenvalue weighted by atomic mass is 10.2. The zero-order valence-corrected chi connectivity index (χ0v) is 10.8. The fourth-order valence-corrected chi connectivity index (χ4v) is 1.89. The highest BCUT2D eigenvalue weighted by Gasteiger charge is 2.09. The van der Waals surface area contributed by atoms with Gasteiger partial charge in [-0.05, 0) is 47.2 Å². The molecule has 0 saturated carbocycles. The molecule has 0 bridgehead atoms. The second-order valence-electron chi connectivity index (χ2n) is 2.92. The lowest BCUT2D eigenvalue weighted by molar-refractivity contribution is 0.0953. The van der Waals surface area contributed by atoms with Gasteiger partial charge in [0, 0.05) is 16.0 Å². The van der Waals surface area contributed by atoms with Gasteiger partial charge in [-0.3, -0.25) is 4.79 Å². The van der Waals surface area contributed by atoms with Crippen LogP contribution in [0.15, 0.2) is 18.2 Å². The van der Waals surface area contributed by atoms with Crippen LogP contribution in [0, 0.1) is 9.39 Å². The second kappa shape index (κ2) is 6.27. The smallest absolute Gasteiger partial charge is 0.252 e. The Morgan fingerprint density at radius 2 is 2.27 bits per heavy atom. The lowest BCUT2D eigenvalue weighted by Gasteiger charge is -2.05. The summed E-state index contributed by atoms with van der Waals surface area (Å²) in [5.74, 6) is -0.0120. The molecule has 0 fully saturated rings. The molecule has 1 N–H and O–H groups in total. The molecule has 0 unspecified atom stereocenters. The number of alkyl halides is 1. The van der Waals surface area contributed by atoms with Gasteiger partial charge < -0.3 is 5.32 Å². The average molecular weight is 342 g/mol. The summed E-state index contributed by atoms with van der Waals surface area (Å²) < 4.78 is 13.4. The van der Waals surface area contributed by atoms with E-state index in [4.69, 9.17) is 11.6 Å². The van der Waals surface area contributed by atoms with Crippen LogP contribution in [0.25, 0.3) is 0 Å². The first-order valence-electron chi connectivity index (χ1n) is 4.44. The fraction of sp³-hybridized carbons (Fsp3) is 0.300. The minimum absolute atomic E-state index is 0.190. The number of carbonyl (C=O) groups is 1. The lowest BCUT2D eigenvalue weighted by Crippen LogP contribution is -2.25. The number of nitrogens with one attached hydrogen (secondary N) is 1. The Morgan fingerprint density at radius 3 is 2.87 bits per heavy atom. The van der Waals surface area contributed by atoms with Crippen LogP contribution in [0.2, 0.25) is 0 Å². The second-order valence-corrected chi connectivity index (χ2v) is 4.46. The quantitative estimate of drug-likeness (QED) is 0.509. The molecule has 1 aromatic rings. The van der Waals surface area contributed by atoms with E-state index in [-0.39, 0.29) is 11.7 Å². The molecule has 1 amide bonds. The molecule has 1 aromatic carbocycles. The van der Waals surface area contributed by atoms with Gasteiger partial charge in [-0.2, -0.15) is 0 Å². The third kappa shape index (κ3) is 3.95. The van der Waals surface area contributed by atoms with Crippen LogP contribution in [-0.4, -0.2) is 18.3 Å². The van der Waals surface area contributed by atoms with E-state index >= 15 is 0 Å². The Balaban J connectivity index is 2.65. The van der Waals surface area contributed by atoms with E-state index in [1.165, 1.54) is 18.2 Å². The Morgan fingerprint density at radius 1 is 1.53 bits per heavy atom. The number of benzene rings is 1. The maximum atomic E-state index is 12.8. The number of amides is 1. The molecule has 0 aromatic heterocycles.